The second-order valence-electron chi connectivity index (χ2n) is 8.19. The van der Waals surface area contributed by atoms with Crippen molar-refractivity contribution in [3.63, 3.8) is 0 Å². The van der Waals surface area contributed by atoms with Crippen LogP contribution < -0.4 is 5.56 Å². The number of H-pyrrole nitrogens is 1. The molecule has 1 saturated heterocycles. The number of hydrogen-bond donors (Lipinski definition) is 2. The fourth-order valence-corrected chi connectivity index (χ4v) is 4.27. The van der Waals surface area contributed by atoms with Gasteiger partial charge in [-0.1, -0.05) is 54.6 Å². The number of aliphatic hydroxyl groups excluding tert-OH is 1. The van der Waals surface area contributed by atoms with Crippen molar-refractivity contribution in [1.29, 1.82) is 0 Å². The Labute approximate surface area is 181 Å². The number of fused-ring (bicyclic) bond motifs is 1. The molecular weight excluding hydrogens is 386 g/mol. The first kappa shape index (κ1) is 19.7. The Bertz CT molecular complexity index is 1240. The number of aromatic nitrogens is 2. The van der Waals surface area contributed by atoms with Crippen molar-refractivity contribution in [3.05, 3.63) is 88.8 Å². The van der Waals surface area contributed by atoms with Gasteiger partial charge in [-0.3, -0.25) is 9.69 Å². The zero-order chi connectivity index (χ0) is 21.2. The summed E-state index contributed by atoms with van der Waals surface area (Å²) in [5, 5.41) is 10.3. The lowest BCUT2D eigenvalue weighted by molar-refractivity contribution is 0.0792. The summed E-state index contributed by atoms with van der Waals surface area (Å²) in [6, 6.07) is 22.4. The van der Waals surface area contributed by atoms with Crippen molar-refractivity contribution >= 4 is 10.9 Å². The highest BCUT2D eigenvalue weighted by atomic mass is 16.3. The maximum absolute atomic E-state index is 12.3. The first-order valence-electron chi connectivity index (χ1n) is 10.7. The van der Waals surface area contributed by atoms with Gasteiger partial charge in [0.2, 0.25) is 0 Å². The molecule has 156 valence electrons. The number of rotatable bonds is 4. The van der Waals surface area contributed by atoms with Crippen molar-refractivity contribution in [2.24, 2.45) is 0 Å². The van der Waals surface area contributed by atoms with Gasteiger partial charge in [-0.2, -0.15) is 0 Å². The lowest BCUT2D eigenvalue weighted by Crippen LogP contribution is -2.35. The van der Waals surface area contributed by atoms with Gasteiger partial charge in [0, 0.05) is 37.0 Å². The highest BCUT2D eigenvalue weighted by Crippen LogP contribution is 2.32. The molecule has 1 aliphatic heterocycles. The van der Waals surface area contributed by atoms with Gasteiger partial charge in [-0.05, 0) is 36.1 Å². The number of benzene rings is 2. The quantitative estimate of drug-likeness (QED) is 0.528. The number of nitrogens with zero attached hydrogens (tertiary/aromatic N) is 2. The Balaban J connectivity index is 1.52. The number of nitrogens with one attached hydrogen (secondary N) is 1. The van der Waals surface area contributed by atoms with E-state index in [0.29, 0.717) is 10.9 Å². The number of aromatic amines is 1. The van der Waals surface area contributed by atoms with E-state index >= 15 is 0 Å². The zero-order valence-corrected chi connectivity index (χ0v) is 17.3. The molecular formula is C26H25N3O2. The Kier molecular flexibility index (Phi) is 5.37. The van der Waals surface area contributed by atoms with E-state index in [1.807, 2.05) is 42.5 Å². The predicted octanol–water partition coefficient (Wildman–Crippen LogP) is 4.21. The molecule has 0 saturated carbocycles. The topological polar surface area (TPSA) is 69.2 Å². The molecule has 1 aliphatic rings. The van der Waals surface area contributed by atoms with Crippen molar-refractivity contribution in [2.45, 2.75) is 25.5 Å². The molecule has 0 unspecified atom stereocenters. The van der Waals surface area contributed by atoms with Crippen LogP contribution in [0.1, 0.15) is 18.4 Å². The van der Waals surface area contributed by atoms with Crippen LogP contribution in [0.5, 0.6) is 0 Å². The maximum Gasteiger partial charge on any atom is 0.257 e. The zero-order valence-electron chi connectivity index (χ0n) is 17.3. The molecule has 0 bridgehead atoms. The Morgan fingerprint density at radius 3 is 2.45 bits per heavy atom. The molecule has 0 spiro atoms. The van der Waals surface area contributed by atoms with Gasteiger partial charge in [-0.15, -0.1) is 0 Å². The van der Waals surface area contributed by atoms with Crippen molar-refractivity contribution < 1.29 is 5.11 Å². The minimum atomic E-state index is -0.152. The molecule has 2 aromatic heterocycles. The van der Waals surface area contributed by atoms with Gasteiger partial charge in [-0.25, -0.2) is 4.98 Å². The molecule has 5 heteroatoms. The summed E-state index contributed by atoms with van der Waals surface area (Å²) in [6.45, 7) is 2.75. The van der Waals surface area contributed by atoms with E-state index in [1.165, 1.54) is 5.56 Å². The highest BCUT2D eigenvalue weighted by Gasteiger charge is 2.17. The maximum atomic E-state index is 12.3. The highest BCUT2D eigenvalue weighted by molar-refractivity contribution is 5.91. The third-order valence-electron chi connectivity index (χ3n) is 6.03. The van der Waals surface area contributed by atoms with Crippen LogP contribution in [0.2, 0.25) is 0 Å². The fraction of sp³-hybridized carbons (Fsp3) is 0.231. The van der Waals surface area contributed by atoms with Crippen LogP contribution in [0.3, 0.4) is 0 Å². The van der Waals surface area contributed by atoms with Crippen LogP contribution in [0.15, 0.2) is 77.7 Å². The lowest BCUT2D eigenvalue weighted by atomic mass is 9.97. The van der Waals surface area contributed by atoms with Crippen LogP contribution >= 0.6 is 0 Å². The third-order valence-corrected chi connectivity index (χ3v) is 6.03. The summed E-state index contributed by atoms with van der Waals surface area (Å²) in [6.07, 6.45) is 3.18. The van der Waals surface area contributed by atoms with E-state index in [4.69, 9.17) is 4.98 Å². The first-order valence-corrected chi connectivity index (χ1v) is 10.7. The monoisotopic (exact) mass is 411 g/mol. The van der Waals surface area contributed by atoms with E-state index in [0.717, 1.165) is 54.9 Å². The van der Waals surface area contributed by atoms with E-state index in [9.17, 15) is 9.90 Å². The molecule has 1 fully saturated rings. The average Bonchev–Trinajstić information content (AvgIpc) is 2.81. The fourth-order valence-electron chi connectivity index (χ4n) is 4.27. The number of aliphatic hydroxyl groups is 1. The standard InChI is InChI=1S/C26H25N3O2/c30-21-11-14-29(15-12-21)17-18-6-8-20(9-7-18)25-22(19-4-2-1-3-5-19)16-23-24(28-25)10-13-27-26(23)31/h1-10,13,16,21,30H,11-12,14-15,17H2,(H,27,31). The summed E-state index contributed by atoms with van der Waals surface area (Å²) >= 11 is 0. The second-order valence-corrected chi connectivity index (χ2v) is 8.19. The van der Waals surface area contributed by atoms with Crippen molar-refractivity contribution in [1.82, 2.24) is 14.9 Å². The minimum Gasteiger partial charge on any atom is -0.393 e. The van der Waals surface area contributed by atoms with Crippen LogP contribution in [-0.2, 0) is 6.54 Å². The van der Waals surface area contributed by atoms with Gasteiger partial charge >= 0.3 is 0 Å². The second kappa shape index (κ2) is 8.46. The van der Waals surface area contributed by atoms with E-state index in [-0.39, 0.29) is 11.7 Å². The predicted molar refractivity (Wildman–Crippen MR) is 124 cm³/mol. The van der Waals surface area contributed by atoms with Crippen molar-refractivity contribution in [2.75, 3.05) is 13.1 Å². The summed E-state index contributed by atoms with van der Waals surface area (Å²) in [4.78, 5) is 22.4. The molecule has 4 aromatic rings. The SMILES string of the molecule is O=c1[nH]ccc2nc(-c3ccc(CN4CCC(O)CC4)cc3)c(-c3ccccc3)cc12. The smallest absolute Gasteiger partial charge is 0.257 e. The Morgan fingerprint density at radius 2 is 1.71 bits per heavy atom. The number of likely N-dealkylation sites (tertiary alicyclic amines) is 1. The number of hydrogen-bond acceptors (Lipinski definition) is 4. The van der Waals surface area contributed by atoms with E-state index in [1.54, 1.807) is 6.20 Å². The molecule has 3 heterocycles. The van der Waals surface area contributed by atoms with Crippen LogP contribution in [0, 0.1) is 0 Å². The lowest BCUT2D eigenvalue weighted by Gasteiger charge is -2.29. The van der Waals surface area contributed by atoms with Crippen LogP contribution in [0.25, 0.3) is 33.3 Å². The summed E-state index contributed by atoms with van der Waals surface area (Å²) < 4.78 is 0. The number of piperidine rings is 1. The summed E-state index contributed by atoms with van der Waals surface area (Å²) in [5.41, 5.74) is 5.69. The van der Waals surface area contributed by atoms with Crippen LogP contribution in [-0.4, -0.2) is 39.2 Å². The normalized spacial score (nSPS) is 15.4. The average molecular weight is 412 g/mol. The molecule has 5 nitrogen and oxygen atoms in total. The summed E-state index contributed by atoms with van der Waals surface area (Å²) in [5.74, 6) is 0. The minimum absolute atomic E-state index is 0.129. The molecule has 0 amide bonds. The molecule has 2 aromatic carbocycles. The largest absolute Gasteiger partial charge is 0.393 e. The Morgan fingerprint density at radius 1 is 0.968 bits per heavy atom. The molecule has 2 N–H and O–H groups in total. The molecule has 31 heavy (non-hydrogen) atoms. The van der Waals surface area contributed by atoms with Gasteiger partial charge in [0.25, 0.3) is 5.56 Å². The van der Waals surface area contributed by atoms with Gasteiger partial charge < -0.3 is 10.1 Å². The van der Waals surface area contributed by atoms with Gasteiger partial charge in [0.1, 0.15) is 0 Å². The van der Waals surface area contributed by atoms with Crippen molar-refractivity contribution in [3.8, 4) is 22.4 Å². The molecule has 0 radical (unpaired) electrons. The van der Waals surface area contributed by atoms with Crippen LogP contribution in [0.4, 0.5) is 0 Å². The van der Waals surface area contributed by atoms with Gasteiger partial charge in [0.05, 0.1) is 22.7 Å². The van der Waals surface area contributed by atoms with E-state index in [2.05, 4.69) is 34.1 Å². The molecule has 5 rings (SSSR count). The molecule has 0 atom stereocenters. The molecule has 0 aliphatic carbocycles. The summed E-state index contributed by atoms with van der Waals surface area (Å²) in [7, 11) is 0. The Hall–Kier alpha value is -3.28. The van der Waals surface area contributed by atoms with Gasteiger partial charge in [0.15, 0.2) is 0 Å². The first-order chi connectivity index (χ1) is 15.2. The number of pyridine rings is 2. The third kappa shape index (κ3) is 4.15. The van der Waals surface area contributed by atoms with E-state index < -0.39 is 0 Å².